The number of benzene rings is 2. The van der Waals surface area contributed by atoms with Gasteiger partial charge in [0.05, 0.1) is 0 Å². The van der Waals surface area contributed by atoms with Crippen LogP contribution in [0.5, 0.6) is 5.75 Å². The Morgan fingerprint density at radius 2 is 1.63 bits per heavy atom. The van der Waals surface area contributed by atoms with Crippen LogP contribution in [-0.4, -0.2) is 34.9 Å². The molecule has 0 N–H and O–H groups in total. The van der Waals surface area contributed by atoms with E-state index in [9.17, 15) is 18.0 Å². The number of halogens is 3. The number of fused-ring (bicyclic) bond motifs is 3. The molecule has 1 heterocycles. The lowest BCUT2D eigenvalue weighted by Crippen LogP contribution is -2.65. The van der Waals surface area contributed by atoms with Crippen molar-refractivity contribution < 1.29 is 27.2 Å². The number of hydrogen-bond acceptors (Lipinski definition) is 5. The van der Waals surface area contributed by atoms with Gasteiger partial charge in [0.2, 0.25) is 11.8 Å². The number of amides is 1. The van der Waals surface area contributed by atoms with E-state index in [0.717, 1.165) is 67.1 Å². The molecule has 0 spiro atoms. The topological polar surface area (TPSA) is 68.5 Å². The fraction of sp³-hybridized carbons (Fsp3) is 0.559. The molecule has 6 aliphatic carbocycles. The van der Waals surface area contributed by atoms with Crippen molar-refractivity contribution in [3.05, 3.63) is 60.2 Å². The van der Waals surface area contributed by atoms with E-state index < -0.39 is 12.3 Å². The quantitative estimate of drug-likeness (QED) is 0.236. The molecular weight excluding hydrogens is 555 g/mol. The zero-order chi connectivity index (χ0) is 30.0. The molecule has 0 aliphatic heterocycles. The van der Waals surface area contributed by atoms with Crippen LogP contribution in [0.3, 0.4) is 0 Å². The van der Waals surface area contributed by atoms with Gasteiger partial charge in [-0.3, -0.25) is 4.79 Å². The molecule has 228 valence electrons. The van der Waals surface area contributed by atoms with E-state index in [1.165, 1.54) is 12.1 Å². The van der Waals surface area contributed by atoms with Crippen molar-refractivity contribution >= 4 is 11.6 Å². The van der Waals surface area contributed by atoms with Crippen LogP contribution in [0.4, 0.5) is 18.9 Å². The molecule has 0 atom stereocenters. The number of hydrogen-bond donors (Lipinski definition) is 0. The second-order valence-electron chi connectivity index (χ2n) is 14.2. The molecule has 6 saturated carbocycles. The average molecular weight is 594 g/mol. The van der Waals surface area contributed by atoms with Gasteiger partial charge < -0.3 is 14.2 Å². The lowest BCUT2D eigenvalue weighted by Gasteiger charge is -2.66. The third kappa shape index (κ3) is 5.12. The van der Waals surface area contributed by atoms with Crippen molar-refractivity contribution in [1.29, 1.82) is 0 Å². The lowest BCUT2D eigenvalue weighted by atomic mass is 9.41. The van der Waals surface area contributed by atoms with E-state index in [0.29, 0.717) is 32.2 Å². The van der Waals surface area contributed by atoms with Crippen molar-refractivity contribution in [1.82, 2.24) is 10.1 Å². The third-order valence-corrected chi connectivity index (χ3v) is 10.8. The van der Waals surface area contributed by atoms with Gasteiger partial charge in [-0.2, -0.15) is 13.8 Å². The molecule has 0 saturated heterocycles. The summed E-state index contributed by atoms with van der Waals surface area (Å²) in [4.78, 5) is 20.8. The first-order chi connectivity index (χ1) is 20.5. The van der Waals surface area contributed by atoms with Gasteiger partial charge in [0.1, 0.15) is 11.4 Å². The highest BCUT2D eigenvalue weighted by Crippen LogP contribution is 2.71. The van der Waals surface area contributed by atoms with Crippen LogP contribution in [-0.2, 0) is 10.2 Å². The molecule has 2 aromatic carbocycles. The van der Waals surface area contributed by atoms with E-state index in [-0.39, 0.29) is 33.8 Å². The number of ether oxygens (including phenoxy) is 1. The SMILES string of the molecule is CC(C)c1noc(C23CCC(CN(C(=O)CC45CC(F)(C4)C5)c4cccc(-c5ccc(OC(F)F)cc5)c4)(CC2)CC3)n1. The van der Waals surface area contributed by atoms with Crippen molar-refractivity contribution in [3.63, 3.8) is 0 Å². The number of nitrogens with zero attached hydrogens (tertiary/aromatic N) is 3. The Morgan fingerprint density at radius 3 is 2.21 bits per heavy atom. The molecule has 6 fully saturated rings. The molecule has 0 unspecified atom stereocenters. The fourth-order valence-electron chi connectivity index (χ4n) is 8.31. The highest BCUT2D eigenvalue weighted by Gasteiger charge is 2.69. The van der Waals surface area contributed by atoms with Gasteiger partial charge in [-0.15, -0.1) is 0 Å². The highest BCUT2D eigenvalue weighted by atomic mass is 19.3. The van der Waals surface area contributed by atoms with Crippen LogP contribution in [0, 0.1) is 10.8 Å². The van der Waals surface area contributed by atoms with Crippen molar-refractivity contribution in [2.45, 2.75) is 102 Å². The molecule has 6 nitrogen and oxygen atoms in total. The van der Waals surface area contributed by atoms with Crippen molar-refractivity contribution in [2.75, 3.05) is 11.4 Å². The Labute approximate surface area is 250 Å². The molecule has 9 rings (SSSR count). The van der Waals surface area contributed by atoms with Gasteiger partial charge in [-0.05, 0) is 104 Å². The third-order valence-electron chi connectivity index (χ3n) is 10.8. The number of carbonyl (C=O) groups excluding carboxylic acids is 1. The summed E-state index contributed by atoms with van der Waals surface area (Å²) in [6, 6.07) is 14.4. The Bertz CT molecular complexity index is 1470. The standard InChI is InChI=1S/C34H38F3N3O3/c1-22(2)28-38-29(43-39-28)33-13-10-31(11-14-33,12-15-33)21-40(27(41)17-32-18-34(37,19-32)20-32)25-5-3-4-24(16-25)23-6-8-26(9-7-23)42-30(35)36/h3-9,16,22,30H,10-15,17-21H2,1-2H3. The van der Waals surface area contributed by atoms with Crippen LogP contribution in [0.25, 0.3) is 11.1 Å². The number of carbonyl (C=O) groups is 1. The molecule has 3 aromatic rings. The zero-order valence-electron chi connectivity index (χ0n) is 24.8. The molecule has 43 heavy (non-hydrogen) atoms. The number of aromatic nitrogens is 2. The minimum Gasteiger partial charge on any atom is -0.435 e. The summed E-state index contributed by atoms with van der Waals surface area (Å²) >= 11 is 0. The molecule has 0 radical (unpaired) electrons. The summed E-state index contributed by atoms with van der Waals surface area (Å²) in [5, 5.41) is 4.23. The van der Waals surface area contributed by atoms with E-state index in [2.05, 4.69) is 23.7 Å². The first-order valence-electron chi connectivity index (χ1n) is 15.5. The number of alkyl halides is 3. The second kappa shape index (κ2) is 10.1. The van der Waals surface area contributed by atoms with E-state index in [4.69, 9.17) is 9.51 Å². The Hall–Kier alpha value is -3.36. The van der Waals surface area contributed by atoms with Gasteiger partial charge in [-0.25, -0.2) is 4.39 Å². The molecule has 9 heteroatoms. The predicted molar refractivity (Wildman–Crippen MR) is 156 cm³/mol. The van der Waals surface area contributed by atoms with Gasteiger partial charge in [0.25, 0.3) is 0 Å². The smallest absolute Gasteiger partial charge is 0.387 e. The first kappa shape index (κ1) is 28.4. The number of anilines is 1. The maximum atomic E-state index is 14.4. The predicted octanol–water partition coefficient (Wildman–Crippen LogP) is 8.37. The van der Waals surface area contributed by atoms with E-state index in [1.807, 2.05) is 29.2 Å². The van der Waals surface area contributed by atoms with Crippen molar-refractivity contribution in [3.8, 4) is 16.9 Å². The Morgan fingerprint density at radius 1 is 0.953 bits per heavy atom. The van der Waals surface area contributed by atoms with E-state index in [1.54, 1.807) is 12.1 Å². The summed E-state index contributed by atoms with van der Waals surface area (Å²) < 4.78 is 49.9. The van der Waals surface area contributed by atoms with Crippen LogP contribution < -0.4 is 9.64 Å². The molecule has 4 bridgehead atoms. The minimum atomic E-state index is -2.88. The largest absolute Gasteiger partial charge is 0.435 e. The summed E-state index contributed by atoms with van der Waals surface area (Å²) in [5.41, 5.74) is 1.19. The second-order valence-corrected chi connectivity index (χ2v) is 14.2. The van der Waals surface area contributed by atoms with Crippen molar-refractivity contribution in [2.24, 2.45) is 10.8 Å². The maximum absolute atomic E-state index is 14.4. The molecule has 1 amide bonds. The van der Waals surface area contributed by atoms with Gasteiger partial charge in [-0.1, -0.05) is 43.3 Å². The Kier molecular flexibility index (Phi) is 6.67. The summed E-state index contributed by atoms with van der Waals surface area (Å²) in [7, 11) is 0. The average Bonchev–Trinajstić information content (AvgIpc) is 3.48. The summed E-state index contributed by atoms with van der Waals surface area (Å²) in [6.07, 6.45) is 7.61. The molecular formula is C34H38F3N3O3. The Balaban J connectivity index is 1.13. The zero-order valence-corrected chi connectivity index (χ0v) is 24.8. The van der Waals surface area contributed by atoms with Crippen LogP contribution in [0.1, 0.15) is 95.7 Å². The van der Waals surface area contributed by atoms with Crippen LogP contribution in [0.2, 0.25) is 0 Å². The lowest BCUT2D eigenvalue weighted by molar-refractivity contribution is -0.215. The summed E-state index contributed by atoms with van der Waals surface area (Å²) in [6.45, 7) is 1.87. The highest BCUT2D eigenvalue weighted by molar-refractivity contribution is 5.95. The van der Waals surface area contributed by atoms with Gasteiger partial charge in [0, 0.05) is 30.0 Å². The van der Waals surface area contributed by atoms with Gasteiger partial charge >= 0.3 is 6.61 Å². The first-order valence-corrected chi connectivity index (χ1v) is 15.5. The maximum Gasteiger partial charge on any atom is 0.387 e. The molecule has 6 aliphatic rings. The number of rotatable bonds is 10. The van der Waals surface area contributed by atoms with E-state index >= 15 is 0 Å². The van der Waals surface area contributed by atoms with Crippen LogP contribution >= 0.6 is 0 Å². The minimum absolute atomic E-state index is 0.0106. The summed E-state index contributed by atoms with van der Waals surface area (Å²) in [5.74, 6) is 1.88. The molecule has 1 aromatic heterocycles. The monoisotopic (exact) mass is 593 g/mol. The van der Waals surface area contributed by atoms with Gasteiger partial charge in [0.15, 0.2) is 5.82 Å². The normalized spacial score (nSPS) is 30.7. The van der Waals surface area contributed by atoms with Crippen LogP contribution in [0.15, 0.2) is 53.1 Å². The fourth-order valence-corrected chi connectivity index (χ4v) is 8.31.